The first-order valence-corrected chi connectivity index (χ1v) is 9.48. The Morgan fingerprint density at radius 1 is 0.935 bits per heavy atom. The average Bonchev–Trinajstić information content (AvgIpc) is 3.15. The molecule has 31 heavy (non-hydrogen) atoms. The molecule has 0 saturated heterocycles. The van der Waals surface area contributed by atoms with Crippen molar-refractivity contribution in [2.45, 2.75) is 20.0 Å². The molecule has 0 spiro atoms. The first kappa shape index (κ1) is 22.1. The van der Waals surface area contributed by atoms with E-state index in [2.05, 4.69) is 5.10 Å². The van der Waals surface area contributed by atoms with Crippen molar-refractivity contribution < 1.29 is 32.2 Å². The zero-order valence-electron chi connectivity index (χ0n) is 16.8. The van der Waals surface area contributed by atoms with Gasteiger partial charge in [-0.2, -0.15) is 18.3 Å². The van der Waals surface area contributed by atoms with Crippen LogP contribution in [-0.4, -0.2) is 34.9 Å². The van der Waals surface area contributed by atoms with E-state index in [1.165, 1.54) is 12.1 Å². The second-order valence-electron chi connectivity index (χ2n) is 6.34. The third-order valence-corrected chi connectivity index (χ3v) is 4.30. The van der Waals surface area contributed by atoms with Gasteiger partial charge in [0.15, 0.2) is 5.69 Å². The fourth-order valence-electron chi connectivity index (χ4n) is 3.02. The summed E-state index contributed by atoms with van der Waals surface area (Å²) >= 11 is 0. The van der Waals surface area contributed by atoms with Gasteiger partial charge in [0.1, 0.15) is 5.56 Å². The van der Waals surface area contributed by atoms with Crippen molar-refractivity contribution in [2.24, 2.45) is 0 Å². The highest BCUT2D eigenvalue weighted by Gasteiger charge is 2.33. The lowest BCUT2D eigenvalue weighted by atomic mass is 10.0. The lowest BCUT2D eigenvalue weighted by molar-refractivity contribution is -0.137. The molecule has 3 rings (SSSR count). The fraction of sp³-hybridized carbons (Fsp3) is 0.227. The second-order valence-corrected chi connectivity index (χ2v) is 6.34. The quantitative estimate of drug-likeness (QED) is 0.518. The van der Waals surface area contributed by atoms with E-state index in [-0.39, 0.29) is 35.9 Å². The summed E-state index contributed by atoms with van der Waals surface area (Å²) in [6.45, 7) is 3.24. The molecule has 0 radical (unpaired) electrons. The summed E-state index contributed by atoms with van der Waals surface area (Å²) in [6, 6.07) is 12.9. The molecular weight excluding hydrogens is 413 g/mol. The average molecular weight is 432 g/mol. The number of rotatable bonds is 6. The number of aromatic nitrogens is 2. The molecule has 0 aliphatic rings. The molecule has 162 valence electrons. The van der Waals surface area contributed by atoms with E-state index in [1.807, 2.05) is 0 Å². The van der Waals surface area contributed by atoms with E-state index in [4.69, 9.17) is 9.47 Å². The summed E-state index contributed by atoms with van der Waals surface area (Å²) < 4.78 is 51.1. The van der Waals surface area contributed by atoms with Gasteiger partial charge in [0.05, 0.1) is 30.2 Å². The fourth-order valence-corrected chi connectivity index (χ4v) is 3.02. The highest BCUT2D eigenvalue weighted by molar-refractivity contribution is 6.06. The van der Waals surface area contributed by atoms with Gasteiger partial charge in [-0.05, 0) is 32.0 Å². The predicted molar refractivity (Wildman–Crippen MR) is 106 cm³/mol. The maximum absolute atomic E-state index is 13.3. The van der Waals surface area contributed by atoms with E-state index in [0.29, 0.717) is 5.56 Å². The van der Waals surface area contributed by atoms with Crippen LogP contribution in [-0.2, 0) is 15.7 Å². The van der Waals surface area contributed by atoms with E-state index >= 15 is 0 Å². The Labute approximate surface area is 176 Å². The molecule has 3 aromatic rings. The Morgan fingerprint density at radius 3 is 2.19 bits per heavy atom. The molecule has 0 atom stereocenters. The Morgan fingerprint density at radius 2 is 1.58 bits per heavy atom. The van der Waals surface area contributed by atoms with Gasteiger partial charge in [0.2, 0.25) is 0 Å². The third-order valence-electron chi connectivity index (χ3n) is 4.30. The van der Waals surface area contributed by atoms with Crippen LogP contribution in [0.1, 0.15) is 40.3 Å². The van der Waals surface area contributed by atoms with Crippen molar-refractivity contribution in [3.8, 4) is 16.9 Å². The Bertz CT molecular complexity index is 1090. The number of halogens is 3. The summed E-state index contributed by atoms with van der Waals surface area (Å²) in [5.74, 6) is -1.71. The van der Waals surface area contributed by atoms with Crippen molar-refractivity contribution in [1.29, 1.82) is 0 Å². The molecule has 6 nitrogen and oxygen atoms in total. The lowest BCUT2D eigenvalue weighted by Gasteiger charge is -2.12. The number of alkyl halides is 3. The van der Waals surface area contributed by atoms with Gasteiger partial charge in [-0.25, -0.2) is 14.3 Å². The van der Waals surface area contributed by atoms with Crippen LogP contribution in [0.2, 0.25) is 0 Å². The SMILES string of the molecule is CCOC(=O)c1nn(-c2cccc(C(F)(F)F)c2)c(-c2ccccc2)c1C(=O)OCC. The molecule has 0 amide bonds. The van der Waals surface area contributed by atoms with Gasteiger partial charge in [0.25, 0.3) is 0 Å². The largest absolute Gasteiger partial charge is 0.462 e. The highest BCUT2D eigenvalue weighted by Crippen LogP contribution is 2.34. The summed E-state index contributed by atoms with van der Waals surface area (Å²) in [7, 11) is 0. The molecule has 0 fully saturated rings. The van der Waals surface area contributed by atoms with E-state index in [0.717, 1.165) is 16.8 Å². The van der Waals surface area contributed by atoms with Gasteiger partial charge in [-0.15, -0.1) is 0 Å². The van der Waals surface area contributed by atoms with Crippen LogP contribution in [0.15, 0.2) is 54.6 Å². The maximum atomic E-state index is 13.3. The van der Waals surface area contributed by atoms with Crippen LogP contribution in [0, 0.1) is 0 Å². The minimum atomic E-state index is -4.58. The standard InChI is InChI=1S/C22H19F3N2O4/c1-3-30-20(28)17-18(21(29)31-4-2)26-27(19(17)14-9-6-5-7-10-14)16-12-8-11-15(13-16)22(23,24)25/h5-13H,3-4H2,1-2H3. The van der Waals surface area contributed by atoms with Crippen molar-refractivity contribution in [1.82, 2.24) is 9.78 Å². The number of benzene rings is 2. The zero-order valence-corrected chi connectivity index (χ0v) is 16.8. The topological polar surface area (TPSA) is 70.4 Å². The molecule has 0 aliphatic heterocycles. The molecule has 0 saturated carbocycles. The molecular formula is C22H19F3N2O4. The monoisotopic (exact) mass is 432 g/mol. The summed E-state index contributed by atoms with van der Waals surface area (Å²) in [4.78, 5) is 25.3. The molecule has 1 aromatic heterocycles. The van der Waals surface area contributed by atoms with Crippen molar-refractivity contribution in [2.75, 3.05) is 13.2 Å². The molecule has 1 heterocycles. The van der Waals surface area contributed by atoms with Gasteiger partial charge >= 0.3 is 18.1 Å². The summed E-state index contributed by atoms with van der Waals surface area (Å²) in [5, 5.41) is 4.18. The summed E-state index contributed by atoms with van der Waals surface area (Å²) in [5.41, 5.74) is -0.794. The first-order chi connectivity index (χ1) is 14.8. The Kier molecular flexibility index (Phi) is 6.43. The van der Waals surface area contributed by atoms with Gasteiger partial charge in [-0.1, -0.05) is 36.4 Å². The number of carbonyl (C=O) groups is 2. The number of nitrogens with zero attached hydrogens (tertiary/aromatic N) is 2. The molecule has 0 unspecified atom stereocenters. The van der Waals surface area contributed by atoms with E-state index in [9.17, 15) is 22.8 Å². The summed E-state index contributed by atoms with van der Waals surface area (Å²) in [6.07, 6.45) is -4.58. The first-order valence-electron chi connectivity index (χ1n) is 9.48. The van der Waals surface area contributed by atoms with E-state index in [1.54, 1.807) is 44.2 Å². The second kappa shape index (κ2) is 9.03. The smallest absolute Gasteiger partial charge is 0.416 e. The van der Waals surface area contributed by atoms with Gasteiger partial charge in [-0.3, -0.25) is 0 Å². The maximum Gasteiger partial charge on any atom is 0.416 e. The van der Waals surface area contributed by atoms with Crippen LogP contribution in [0.5, 0.6) is 0 Å². The van der Waals surface area contributed by atoms with Gasteiger partial charge in [0, 0.05) is 5.56 Å². The Hall–Kier alpha value is -3.62. The van der Waals surface area contributed by atoms with Crippen LogP contribution in [0.3, 0.4) is 0 Å². The number of hydrogen-bond acceptors (Lipinski definition) is 5. The van der Waals surface area contributed by atoms with Crippen LogP contribution >= 0.6 is 0 Å². The molecule has 0 aliphatic carbocycles. The van der Waals surface area contributed by atoms with Crippen LogP contribution < -0.4 is 0 Å². The van der Waals surface area contributed by atoms with Crippen LogP contribution in [0.4, 0.5) is 13.2 Å². The zero-order chi connectivity index (χ0) is 22.6. The molecule has 2 aromatic carbocycles. The van der Waals surface area contributed by atoms with Crippen molar-refractivity contribution in [3.05, 3.63) is 71.4 Å². The van der Waals surface area contributed by atoms with E-state index < -0.39 is 23.7 Å². The number of carbonyl (C=O) groups excluding carboxylic acids is 2. The molecule has 9 heteroatoms. The third kappa shape index (κ3) is 4.60. The Balaban J connectivity index is 2.34. The van der Waals surface area contributed by atoms with Crippen molar-refractivity contribution in [3.63, 3.8) is 0 Å². The van der Waals surface area contributed by atoms with Gasteiger partial charge < -0.3 is 9.47 Å². The minimum absolute atomic E-state index is 0.0229. The van der Waals surface area contributed by atoms with Crippen molar-refractivity contribution >= 4 is 11.9 Å². The van der Waals surface area contributed by atoms with Crippen LogP contribution in [0.25, 0.3) is 16.9 Å². The predicted octanol–water partition coefficient (Wildman–Crippen LogP) is 4.91. The number of ether oxygens (including phenoxy) is 2. The lowest BCUT2D eigenvalue weighted by Crippen LogP contribution is -2.13. The number of hydrogen-bond donors (Lipinski definition) is 0. The minimum Gasteiger partial charge on any atom is -0.462 e. The molecule has 0 N–H and O–H groups in total. The number of esters is 2. The molecule has 0 bridgehead atoms. The highest BCUT2D eigenvalue weighted by atomic mass is 19.4. The normalized spacial score (nSPS) is 11.3.